The second kappa shape index (κ2) is 13.3. The molecule has 0 saturated heterocycles. The van der Waals surface area contributed by atoms with Crippen molar-refractivity contribution in [3.8, 4) is 0 Å². The summed E-state index contributed by atoms with van der Waals surface area (Å²) in [4.78, 5) is 19.3. The minimum absolute atomic E-state index is 0.0602. The average molecular weight is 698 g/mol. The molecule has 8 heteroatoms. The summed E-state index contributed by atoms with van der Waals surface area (Å²) in [5.74, 6) is -0.0764. The smallest absolute Gasteiger partial charge is 0.302 e. The molecule has 0 aliphatic heterocycles. The maximum Gasteiger partial charge on any atom is 0.302 e. The number of pyridine rings is 1. The lowest BCUT2D eigenvalue weighted by Crippen LogP contribution is -2.53. The number of carbonyl (C=O) groups is 1. The molecule has 1 atom stereocenters. The van der Waals surface area contributed by atoms with Crippen LogP contribution in [0.25, 0.3) is 17.0 Å². The van der Waals surface area contributed by atoms with Gasteiger partial charge in [0.15, 0.2) is 16.6 Å². The van der Waals surface area contributed by atoms with E-state index in [4.69, 9.17) is 18.3 Å². The first kappa shape index (κ1) is 39.8. The standard InChI is InChI=1S/C39H67NO4Si3/c1-29(42-45(12,13)35(2,3)4)32-21-20-31-19-18-30(28-33(31)40-32)22-23-39(34(41)43-46(14,15)36(5,6)7)26-24-38(11,25-27-39)44-47(16,17)37(8,9)10/h18-23,28-29H,24-27H2,1-17H3/b23-22+/t29-,38?,39?/m1/s1. The van der Waals surface area contributed by atoms with Crippen LogP contribution in [-0.2, 0) is 18.1 Å². The Morgan fingerprint density at radius 1 is 0.787 bits per heavy atom. The van der Waals surface area contributed by atoms with E-state index >= 15 is 0 Å². The van der Waals surface area contributed by atoms with Gasteiger partial charge >= 0.3 is 5.97 Å². The number of hydrogen-bond acceptors (Lipinski definition) is 5. The van der Waals surface area contributed by atoms with E-state index in [-0.39, 0.29) is 32.8 Å². The Labute approximate surface area is 291 Å². The van der Waals surface area contributed by atoms with Gasteiger partial charge < -0.3 is 13.3 Å². The van der Waals surface area contributed by atoms with Crippen LogP contribution in [-0.4, -0.2) is 41.5 Å². The van der Waals surface area contributed by atoms with E-state index in [1.54, 1.807) is 0 Å². The van der Waals surface area contributed by atoms with Crippen LogP contribution in [0.3, 0.4) is 0 Å². The molecular formula is C39H67NO4Si3. The van der Waals surface area contributed by atoms with Crippen LogP contribution < -0.4 is 0 Å². The zero-order valence-electron chi connectivity index (χ0n) is 33.0. The predicted molar refractivity (Wildman–Crippen MR) is 208 cm³/mol. The Morgan fingerprint density at radius 2 is 1.30 bits per heavy atom. The fourth-order valence-electron chi connectivity index (χ4n) is 5.44. The van der Waals surface area contributed by atoms with Crippen molar-refractivity contribution in [1.82, 2.24) is 4.98 Å². The lowest BCUT2D eigenvalue weighted by molar-refractivity contribution is -0.148. The van der Waals surface area contributed by atoms with E-state index in [0.717, 1.165) is 35.0 Å². The molecule has 1 aliphatic carbocycles. The maximum absolute atomic E-state index is 14.3. The van der Waals surface area contributed by atoms with Crippen molar-refractivity contribution in [3.63, 3.8) is 0 Å². The van der Waals surface area contributed by atoms with Gasteiger partial charge in [0.2, 0.25) is 0 Å². The number of rotatable bonds is 9. The summed E-state index contributed by atoms with van der Waals surface area (Å²) in [6.07, 6.45) is 7.24. The molecule has 3 rings (SSSR count). The topological polar surface area (TPSA) is 57.7 Å². The van der Waals surface area contributed by atoms with Crippen LogP contribution in [0.5, 0.6) is 0 Å². The molecule has 1 aromatic heterocycles. The highest BCUT2D eigenvalue weighted by atomic mass is 28.4. The summed E-state index contributed by atoms with van der Waals surface area (Å²) in [6.45, 7) is 38.1. The molecule has 1 heterocycles. The highest BCUT2D eigenvalue weighted by Gasteiger charge is 2.51. The molecule has 1 fully saturated rings. The number of aromatic nitrogens is 1. The fourth-order valence-corrected chi connectivity index (χ4v) is 9.51. The van der Waals surface area contributed by atoms with Gasteiger partial charge in [0.05, 0.1) is 28.3 Å². The fraction of sp³-hybridized carbons (Fsp3) is 0.692. The molecule has 0 bridgehead atoms. The molecule has 5 nitrogen and oxygen atoms in total. The van der Waals surface area contributed by atoms with Crippen molar-refractivity contribution in [1.29, 1.82) is 0 Å². The molecule has 1 aliphatic rings. The SMILES string of the molecule is C[C@@H](O[Si](C)(C)C(C)(C)C)c1ccc2ccc(/C=C/C3(C(=O)O[Si](C)(C)C(C)(C)C)CCC(C)(O[Si](C)(C)C(C)(C)C)CC3)cc2n1. The minimum Gasteiger partial charge on any atom is -0.518 e. The Bertz CT molecular complexity index is 1450. The van der Waals surface area contributed by atoms with Gasteiger partial charge in [-0.1, -0.05) is 92.7 Å². The van der Waals surface area contributed by atoms with Gasteiger partial charge in [-0.2, -0.15) is 0 Å². The second-order valence-electron chi connectivity index (χ2n) is 19.2. The predicted octanol–water partition coefficient (Wildman–Crippen LogP) is 12.2. The Morgan fingerprint density at radius 3 is 1.81 bits per heavy atom. The maximum atomic E-state index is 14.3. The van der Waals surface area contributed by atoms with Crippen molar-refractivity contribution in [3.05, 3.63) is 47.7 Å². The lowest BCUT2D eigenvalue weighted by Gasteiger charge is -2.49. The van der Waals surface area contributed by atoms with Gasteiger partial charge in [0.1, 0.15) is 0 Å². The number of benzene rings is 1. The van der Waals surface area contributed by atoms with Gasteiger partial charge in [-0.25, -0.2) is 0 Å². The van der Waals surface area contributed by atoms with Crippen LogP contribution in [0.2, 0.25) is 54.4 Å². The molecule has 264 valence electrons. The zero-order chi connectivity index (χ0) is 36.1. The van der Waals surface area contributed by atoms with E-state index in [0.29, 0.717) is 12.8 Å². The monoisotopic (exact) mass is 697 g/mol. The molecule has 0 radical (unpaired) electrons. The van der Waals surface area contributed by atoms with Crippen LogP contribution in [0.15, 0.2) is 36.4 Å². The third kappa shape index (κ3) is 9.15. The zero-order valence-corrected chi connectivity index (χ0v) is 36.0. The Balaban J connectivity index is 1.96. The van der Waals surface area contributed by atoms with Crippen LogP contribution in [0.1, 0.15) is 119 Å². The number of hydrogen-bond donors (Lipinski definition) is 0. The van der Waals surface area contributed by atoms with Gasteiger partial charge in [-0.15, -0.1) is 0 Å². The van der Waals surface area contributed by atoms with E-state index in [9.17, 15) is 4.79 Å². The molecular weight excluding hydrogens is 631 g/mol. The average Bonchev–Trinajstić information content (AvgIpc) is 2.89. The van der Waals surface area contributed by atoms with E-state index < -0.39 is 30.4 Å². The van der Waals surface area contributed by atoms with Gasteiger partial charge in [0, 0.05) is 5.39 Å². The number of fused-ring (bicyclic) bond motifs is 1. The summed E-state index contributed by atoms with van der Waals surface area (Å²) in [7, 11) is -6.23. The molecule has 0 N–H and O–H groups in total. The van der Waals surface area contributed by atoms with E-state index in [1.807, 2.05) is 0 Å². The highest BCUT2D eigenvalue weighted by Crippen LogP contribution is 2.50. The second-order valence-corrected chi connectivity index (χ2v) is 33.4. The summed E-state index contributed by atoms with van der Waals surface area (Å²) < 4.78 is 20.2. The van der Waals surface area contributed by atoms with Crippen LogP contribution in [0, 0.1) is 5.41 Å². The third-order valence-electron chi connectivity index (χ3n) is 12.1. The van der Waals surface area contributed by atoms with Crippen molar-refractivity contribution < 1.29 is 18.1 Å². The van der Waals surface area contributed by atoms with Crippen LogP contribution in [0.4, 0.5) is 0 Å². The number of nitrogens with zero attached hydrogens (tertiary/aromatic N) is 1. The van der Waals surface area contributed by atoms with Crippen molar-refractivity contribution in [2.75, 3.05) is 0 Å². The molecule has 2 aromatic rings. The quantitative estimate of drug-likeness (QED) is 0.244. The van der Waals surface area contributed by atoms with Crippen molar-refractivity contribution >= 4 is 47.9 Å². The number of carbonyl (C=O) groups excluding carboxylic acids is 1. The molecule has 47 heavy (non-hydrogen) atoms. The summed E-state index contributed by atoms with van der Waals surface area (Å²) in [5.41, 5.74) is 1.98. The third-order valence-corrected chi connectivity index (χ3v) is 25.6. The first-order valence-corrected chi connectivity index (χ1v) is 26.5. The molecule has 1 aromatic carbocycles. The summed E-state index contributed by atoms with van der Waals surface area (Å²) in [5, 5.41) is 1.29. The van der Waals surface area contributed by atoms with E-state index in [2.05, 4.69) is 158 Å². The summed E-state index contributed by atoms with van der Waals surface area (Å²) >= 11 is 0. The Kier molecular flexibility index (Phi) is 11.3. The first-order chi connectivity index (χ1) is 21.0. The minimum atomic E-state index is -2.32. The first-order valence-electron chi connectivity index (χ1n) is 17.7. The normalized spacial score (nSPS) is 22.9. The molecule has 0 spiro atoms. The molecule has 1 saturated carbocycles. The van der Waals surface area contributed by atoms with Gasteiger partial charge in [-0.3, -0.25) is 9.78 Å². The van der Waals surface area contributed by atoms with Crippen molar-refractivity contribution in [2.45, 2.75) is 168 Å². The summed E-state index contributed by atoms with van der Waals surface area (Å²) in [6, 6.07) is 10.6. The van der Waals surface area contributed by atoms with E-state index in [1.165, 1.54) is 0 Å². The lowest BCUT2D eigenvalue weighted by atomic mass is 9.69. The van der Waals surface area contributed by atoms with Crippen LogP contribution >= 0.6 is 0 Å². The molecule has 0 amide bonds. The Hall–Kier alpha value is -1.59. The van der Waals surface area contributed by atoms with Crippen molar-refractivity contribution in [2.24, 2.45) is 5.41 Å². The van der Waals surface area contributed by atoms with Gasteiger partial charge in [0.25, 0.3) is 8.32 Å². The highest BCUT2D eigenvalue weighted by molar-refractivity contribution is 6.75. The molecule has 0 unspecified atom stereocenters. The largest absolute Gasteiger partial charge is 0.518 e. The van der Waals surface area contributed by atoms with Gasteiger partial charge in [-0.05, 0) is 112 Å².